The lowest BCUT2D eigenvalue weighted by molar-refractivity contribution is 0.232. The minimum Gasteiger partial charge on any atom is -0.341 e. The van der Waals surface area contributed by atoms with Crippen molar-refractivity contribution < 1.29 is 4.79 Å². The molecule has 5 heteroatoms. The first-order chi connectivity index (χ1) is 6.06. The smallest absolute Gasteiger partial charge is 0.315 e. The monoisotopic (exact) mass is 199 g/mol. The van der Waals surface area contributed by atoms with Gasteiger partial charge in [0, 0.05) is 18.6 Å². The van der Waals surface area contributed by atoms with Gasteiger partial charge in [-0.25, -0.2) is 9.78 Å². The Hall–Kier alpha value is -1.10. The number of rotatable bonds is 2. The fourth-order valence-electron chi connectivity index (χ4n) is 0.932. The summed E-state index contributed by atoms with van der Waals surface area (Å²) in [5.74, 6) is 0. The SMILES string of the molecule is CNC(=O)NC(C)(C)c1nccs1. The maximum Gasteiger partial charge on any atom is 0.315 e. The standard InChI is InChI=1S/C8H13N3OS/c1-8(2,11-7(12)9-3)6-10-4-5-13-6/h4-5H,1-3H3,(H2,9,11,12). The van der Waals surface area contributed by atoms with Gasteiger partial charge < -0.3 is 10.6 Å². The average Bonchev–Trinajstić information content (AvgIpc) is 2.55. The number of nitrogens with zero attached hydrogens (tertiary/aromatic N) is 1. The Morgan fingerprint density at radius 1 is 1.62 bits per heavy atom. The number of thiazole rings is 1. The highest BCUT2D eigenvalue weighted by Crippen LogP contribution is 2.21. The summed E-state index contributed by atoms with van der Waals surface area (Å²) in [6, 6.07) is -0.194. The highest BCUT2D eigenvalue weighted by molar-refractivity contribution is 7.09. The van der Waals surface area contributed by atoms with Crippen LogP contribution in [0, 0.1) is 0 Å². The molecule has 0 aromatic carbocycles. The van der Waals surface area contributed by atoms with Crippen LogP contribution in [0.5, 0.6) is 0 Å². The summed E-state index contributed by atoms with van der Waals surface area (Å²) in [5, 5.41) is 8.11. The molecule has 1 aromatic heterocycles. The third-order valence-corrected chi connectivity index (χ3v) is 2.72. The van der Waals surface area contributed by atoms with Gasteiger partial charge in [-0.15, -0.1) is 11.3 Å². The van der Waals surface area contributed by atoms with E-state index in [0.717, 1.165) is 5.01 Å². The van der Waals surface area contributed by atoms with Gasteiger partial charge >= 0.3 is 6.03 Å². The number of carbonyl (C=O) groups excluding carboxylic acids is 1. The molecule has 1 rings (SSSR count). The second-order valence-electron chi connectivity index (χ2n) is 3.17. The summed E-state index contributed by atoms with van der Waals surface area (Å²) in [5.41, 5.74) is -0.408. The van der Waals surface area contributed by atoms with Crippen molar-refractivity contribution in [2.45, 2.75) is 19.4 Å². The van der Waals surface area contributed by atoms with E-state index in [4.69, 9.17) is 0 Å². The first-order valence-corrected chi connectivity index (χ1v) is 4.84. The molecule has 72 valence electrons. The number of amides is 2. The zero-order chi connectivity index (χ0) is 9.90. The third kappa shape index (κ3) is 2.42. The largest absolute Gasteiger partial charge is 0.341 e. The van der Waals surface area contributed by atoms with Gasteiger partial charge in [-0.2, -0.15) is 0 Å². The molecule has 0 unspecified atom stereocenters. The van der Waals surface area contributed by atoms with Crippen LogP contribution in [0.15, 0.2) is 11.6 Å². The van der Waals surface area contributed by atoms with Gasteiger partial charge in [-0.3, -0.25) is 0 Å². The summed E-state index contributed by atoms with van der Waals surface area (Å²) in [4.78, 5) is 15.2. The number of aromatic nitrogens is 1. The molecule has 0 bridgehead atoms. The van der Waals surface area contributed by atoms with Crippen LogP contribution in [0.3, 0.4) is 0 Å². The van der Waals surface area contributed by atoms with Crippen molar-refractivity contribution in [2.75, 3.05) is 7.05 Å². The van der Waals surface area contributed by atoms with E-state index < -0.39 is 5.54 Å². The van der Waals surface area contributed by atoms with Gasteiger partial charge in [-0.1, -0.05) is 0 Å². The fourth-order valence-corrected chi connectivity index (χ4v) is 1.65. The molecular weight excluding hydrogens is 186 g/mol. The molecule has 2 amide bonds. The second kappa shape index (κ2) is 3.74. The predicted molar refractivity (Wildman–Crippen MR) is 52.7 cm³/mol. The maximum atomic E-state index is 11.1. The van der Waals surface area contributed by atoms with Crippen molar-refractivity contribution in [1.82, 2.24) is 15.6 Å². The summed E-state index contributed by atoms with van der Waals surface area (Å²) in [6.07, 6.45) is 1.73. The first kappa shape index (κ1) is 9.98. The zero-order valence-electron chi connectivity index (χ0n) is 7.92. The normalized spacial score (nSPS) is 11.0. The molecule has 0 saturated carbocycles. The van der Waals surface area contributed by atoms with E-state index in [-0.39, 0.29) is 6.03 Å². The maximum absolute atomic E-state index is 11.1. The molecule has 1 heterocycles. The molecule has 0 aliphatic rings. The Kier molecular flexibility index (Phi) is 2.87. The number of urea groups is 1. The van der Waals surface area contributed by atoms with Crippen LogP contribution in [0.4, 0.5) is 4.79 Å². The fraction of sp³-hybridized carbons (Fsp3) is 0.500. The second-order valence-corrected chi connectivity index (χ2v) is 4.06. The van der Waals surface area contributed by atoms with E-state index in [1.54, 1.807) is 13.2 Å². The summed E-state index contributed by atoms with van der Waals surface area (Å²) in [7, 11) is 1.59. The van der Waals surface area contributed by atoms with Crippen LogP contribution >= 0.6 is 11.3 Å². The molecule has 13 heavy (non-hydrogen) atoms. The van der Waals surface area contributed by atoms with Gasteiger partial charge in [0.15, 0.2) is 0 Å². The molecule has 0 aliphatic heterocycles. The molecule has 0 aliphatic carbocycles. The minimum atomic E-state index is -0.408. The number of hydrogen-bond donors (Lipinski definition) is 2. The van der Waals surface area contributed by atoms with Gasteiger partial charge in [0.1, 0.15) is 5.01 Å². The van der Waals surface area contributed by atoms with Crippen LogP contribution in [-0.4, -0.2) is 18.1 Å². The molecule has 4 nitrogen and oxygen atoms in total. The van der Waals surface area contributed by atoms with Crippen molar-refractivity contribution in [3.05, 3.63) is 16.6 Å². The Morgan fingerprint density at radius 2 is 2.31 bits per heavy atom. The van der Waals surface area contributed by atoms with Crippen molar-refractivity contribution >= 4 is 17.4 Å². The van der Waals surface area contributed by atoms with Crippen LogP contribution in [-0.2, 0) is 5.54 Å². The lowest BCUT2D eigenvalue weighted by atomic mass is 10.1. The minimum absolute atomic E-state index is 0.194. The highest BCUT2D eigenvalue weighted by Gasteiger charge is 2.24. The Morgan fingerprint density at radius 3 is 2.77 bits per heavy atom. The van der Waals surface area contributed by atoms with Crippen molar-refractivity contribution in [1.29, 1.82) is 0 Å². The van der Waals surface area contributed by atoms with Gasteiger partial charge in [0.25, 0.3) is 0 Å². The Labute approximate surface area is 81.4 Å². The average molecular weight is 199 g/mol. The molecule has 0 fully saturated rings. The Balaban J connectivity index is 2.72. The predicted octanol–water partition coefficient (Wildman–Crippen LogP) is 1.31. The molecular formula is C8H13N3OS. The van der Waals surface area contributed by atoms with E-state index in [9.17, 15) is 4.79 Å². The molecule has 0 spiro atoms. The van der Waals surface area contributed by atoms with Gasteiger partial charge in [-0.05, 0) is 13.8 Å². The van der Waals surface area contributed by atoms with E-state index in [0.29, 0.717) is 0 Å². The van der Waals surface area contributed by atoms with Crippen LogP contribution < -0.4 is 10.6 Å². The van der Waals surface area contributed by atoms with E-state index in [1.165, 1.54) is 11.3 Å². The Bertz CT molecular complexity index is 282. The van der Waals surface area contributed by atoms with Crippen LogP contribution in [0.1, 0.15) is 18.9 Å². The number of nitrogens with one attached hydrogen (secondary N) is 2. The van der Waals surface area contributed by atoms with Gasteiger partial charge in [0.2, 0.25) is 0 Å². The van der Waals surface area contributed by atoms with Crippen molar-refractivity contribution in [3.8, 4) is 0 Å². The molecule has 2 N–H and O–H groups in total. The molecule has 0 saturated heterocycles. The third-order valence-electron chi connectivity index (χ3n) is 1.62. The molecule has 0 radical (unpaired) electrons. The van der Waals surface area contributed by atoms with E-state index in [2.05, 4.69) is 15.6 Å². The van der Waals surface area contributed by atoms with Gasteiger partial charge in [0.05, 0.1) is 5.54 Å². The number of hydrogen-bond acceptors (Lipinski definition) is 3. The zero-order valence-corrected chi connectivity index (χ0v) is 8.73. The van der Waals surface area contributed by atoms with Crippen LogP contribution in [0.25, 0.3) is 0 Å². The highest BCUT2D eigenvalue weighted by atomic mass is 32.1. The number of carbonyl (C=O) groups is 1. The lowest BCUT2D eigenvalue weighted by Gasteiger charge is -2.23. The molecule has 0 atom stereocenters. The first-order valence-electron chi connectivity index (χ1n) is 3.96. The van der Waals surface area contributed by atoms with E-state index >= 15 is 0 Å². The molecule has 1 aromatic rings. The lowest BCUT2D eigenvalue weighted by Crippen LogP contribution is -2.45. The summed E-state index contributed by atoms with van der Waals surface area (Å²) < 4.78 is 0. The summed E-state index contributed by atoms with van der Waals surface area (Å²) in [6.45, 7) is 3.84. The summed E-state index contributed by atoms with van der Waals surface area (Å²) >= 11 is 1.53. The van der Waals surface area contributed by atoms with Crippen molar-refractivity contribution in [3.63, 3.8) is 0 Å². The van der Waals surface area contributed by atoms with Crippen molar-refractivity contribution in [2.24, 2.45) is 0 Å². The van der Waals surface area contributed by atoms with Crippen LogP contribution in [0.2, 0.25) is 0 Å². The quantitative estimate of drug-likeness (QED) is 0.754. The topological polar surface area (TPSA) is 54.0 Å². The van der Waals surface area contributed by atoms with E-state index in [1.807, 2.05) is 19.2 Å².